The topological polar surface area (TPSA) is 86.2 Å². The van der Waals surface area contributed by atoms with Gasteiger partial charge in [-0.25, -0.2) is 4.98 Å². The Morgan fingerprint density at radius 2 is 1.83 bits per heavy atom. The fourth-order valence-electron chi connectivity index (χ4n) is 2.85. The van der Waals surface area contributed by atoms with Gasteiger partial charge < -0.3 is 9.47 Å². The molecule has 1 amide bonds. The highest BCUT2D eigenvalue weighted by atomic mass is 32.1. The average Bonchev–Trinajstić information content (AvgIpc) is 3.27. The summed E-state index contributed by atoms with van der Waals surface area (Å²) in [6.07, 6.45) is 3.28. The molecule has 30 heavy (non-hydrogen) atoms. The van der Waals surface area contributed by atoms with Crippen LogP contribution in [0.1, 0.15) is 10.4 Å². The predicted molar refractivity (Wildman–Crippen MR) is 116 cm³/mol. The molecule has 8 heteroatoms. The zero-order valence-corrected chi connectivity index (χ0v) is 17.1. The molecule has 0 aliphatic rings. The number of thiazole rings is 1. The number of amides is 1. The standard InChI is InChI=1S/C22H18N4O3S/c1-28-15-6-3-5-14(11-15)20-17(7-4-10-23-20)21(27)26-22-25-19(13-30-22)18-9-8-16(29-2)12-24-18/h3-13H,1-2H3,(H,25,26,27). The number of carbonyl (C=O) groups is 1. The van der Waals surface area contributed by atoms with Gasteiger partial charge in [0.15, 0.2) is 5.13 Å². The number of rotatable bonds is 6. The Bertz CT molecular complexity index is 1170. The van der Waals surface area contributed by atoms with Gasteiger partial charge >= 0.3 is 0 Å². The normalized spacial score (nSPS) is 10.5. The maximum atomic E-state index is 12.9. The third kappa shape index (κ3) is 4.13. The zero-order chi connectivity index (χ0) is 20.9. The van der Waals surface area contributed by atoms with E-state index < -0.39 is 0 Å². The lowest BCUT2D eigenvalue weighted by atomic mass is 10.1. The fraction of sp³-hybridized carbons (Fsp3) is 0.0909. The Balaban J connectivity index is 1.57. The molecule has 3 heterocycles. The number of nitrogens with zero attached hydrogens (tertiary/aromatic N) is 3. The summed E-state index contributed by atoms with van der Waals surface area (Å²) in [5.74, 6) is 1.08. The number of nitrogens with one attached hydrogen (secondary N) is 1. The van der Waals surface area contributed by atoms with Crippen LogP contribution in [0.3, 0.4) is 0 Å². The predicted octanol–water partition coefficient (Wildman–Crippen LogP) is 4.54. The molecule has 1 N–H and O–H groups in total. The molecule has 0 radical (unpaired) electrons. The van der Waals surface area contributed by atoms with Crippen LogP contribution in [-0.4, -0.2) is 35.1 Å². The molecule has 0 unspecified atom stereocenters. The van der Waals surface area contributed by atoms with E-state index in [0.29, 0.717) is 39.3 Å². The van der Waals surface area contributed by atoms with Gasteiger partial charge in [0, 0.05) is 17.1 Å². The van der Waals surface area contributed by atoms with Crippen molar-refractivity contribution < 1.29 is 14.3 Å². The molecule has 0 fully saturated rings. The summed E-state index contributed by atoms with van der Waals surface area (Å²) >= 11 is 1.33. The minimum Gasteiger partial charge on any atom is -0.497 e. The van der Waals surface area contributed by atoms with Gasteiger partial charge in [0.1, 0.15) is 17.2 Å². The zero-order valence-electron chi connectivity index (χ0n) is 16.3. The first kappa shape index (κ1) is 19.5. The van der Waals surface area contributed by atoms with E-state index in [0.717, 1.165) is 5.56 Å². The Labute approximate surface area is 177 Å². The van der Waals surface area contributed by atoms with E-state index in [1.807, 2.05) is 41.8 Å². The van der Waals surface area contributed by atoms with Crippen molar-refractivity contribution in [2.45, 2.75) is 0 Å². The number of methoxy groups -OCH3 is 2. The van der Waals surface area contributed by atoms with Gasteiger partial charge in [-0.05, 0) is 36.4 Å². The summed E-state index contributed by atoms with van der Waals surface area (Å²) in [5, 5.41) is 5.18. The van der Waals surface area contributed by atoms with E-state index in [-0.39, 0.29) is 5.91 Å². The van der Waals surface area contributed by atoms with Crippen LogP contribution in [0.5, 0.6) is 11.5 Å². The Kier molecular flexibility index (Phi) is 5.67. The Morgan fingerprint density at radius 1 is 0.967 bits per heavy atom. The minimum atomic E-state index is -0.287. The van der Waals surface area contributed by atoms with E-state index in [9.17, 15) is 4.79 Å². The first-order chi connectivity index (χ1) is 14.7. The highest BCUT2D eigenvalue weighted by Gasteiger charge is 2.16. The van der Waals surface area contributed by atoms with Crippen molar-refractivity contribution in [1.29, 1.82) is 0 Å². The summed E-state index contributed by atoms with van der Waals surface area (Å²) < 4.78 is 10.4. The quantitative estimate of drug-likeness (QED) is 0.495. The molecular weight excluding hydrogens is 400 g/mol. The van der Waals surface area contributed by atoms with Crippen molar-refractivity contribution in [2.24, 2.45) is 0 Å². The summed E-state index contributed by atoms with van der Waals surface area (Å²) in [7, 11) is 3.19. The van der Waals surface area contributed by atoms with Crippen molar-refractivity contribution in [1.82, 2.24) is 15.0 Å². The molecule has 0 saturated heterocycles. The second-order valence-corrected chi connectivity index (χ2v) is 7.06. The highest BCUT2D eigenvalue weighted by molar-refractivity contribution is 7.14. The van der Waals surface area contributed by atoms with Crippen LogP contribution < -0.4 is 14.8 Å². The monoisotopic (exact) mass is 418 g/mol. The lowest BCUT2D eigenvalue weighted by Gasteiger charge is -2.09. The van der Waals surface area contributed by atoms with E-state index in [1.54, 1.807) is 38.7 Å². The van der Waals surface area contributed by atoms with E-state index in [1.165, 1.54) is 11.3 Å². The van der Waals surface area contributed by atoms with Crippen molar-refractivity contribution in [2.75, 3.05) is 19.5 Å². The molecule has 0 spiro atoms. The molecule has 4 aromatic rings. The van der Waals surface area contributed by atoms with Gasteiger partial charge in [-0.3, -0.25) is 20.1 Å². The number of pyridine rings is 2. The number of anilines is 1. The second kappa shape index (κ2) is 8.71. The van der Waals surface area contributed by atoms with Gasteiger partial charge in [0.2, 0.25) is 0 Å². The van der Waals surface area contributed by atoms with Crippen LogP contribution in [0.25, 0.3) is 22.6 Å². The average molecular weight is 418 g/mol. The van der Waals surface area contributed by atoms with Crippen LogP contribution in [-0.2, 0) is 0 Å². The number of benzene rings is 1. The molecule has 3 aromatic heterocycles. The van der Waals surface area contributed by atoms with E-state index in [4.69, 9.17) is 9.47 Å². The molecule has 0 atom stereocenters. The van der Waals surface area contributed by atoms with E-state index in [2.05, 4.69) is 20.3 Å². The minimum absolute atomic E-state index is 0.287. The van der Waals surface area contributed by atoms with Gasteiger partial charge in [-0.2, -0.15) is 0 Å². The molecule has 0 bridgehead atoms. The number of ether oxygens (including phenoxy) is 2. The first-order valence-electron chi connectivity index (χ1n) is 9.04. The van der Waals surface area contributed by atoms with Crippen LogP contribution >= 0.6 is 11.3 Å². The third-order valence-electron chi connectivity index (χ3n) is 4.35. The Hall–Kier alpha value is -3.78. The fourth-order valence-corrected chi connectivity index (χ4v) is 3.55. The second-order valence-electron chi connectivity index (χ2n) is 6.21. The number of hydrogen-bond acceptors (Lipinski definition) is 7. The molecule has 0 saturated carbocycles. The molecule has 0 aliphatic carbocycles. The largest absolute Gasteiger partial charge is 0.497 e. The lowest BCUT2D eigenvalue weighted by molar-refractivity contribution is 0.102. The number of aromatic nitrogens is 3. The molecular formula is C22H18N4O3S. The van der Waals surface area contributed by atoms with Gasteiger partial charge in [0.25, 0.3) is 5.91 Å². The lowest BCUT2D eigenvalue weighted by Crippen LogP contribution is -2.13. The smallest absolute Gasteiger partial charge is 0.259 e. The maximum absolute atomic E-state index is 12.9. The third-order valence-corrected chi connectivity index (χ3v) is 5.11. The van der Waals surface area contributed by atoms with Gasteiger partial charge in [0.05, 0.1) is 37.4 Å². The van der Waals surface area contributed by atoms with Crippen LogP contribution in [0.2, 0.25) is 0 Å². The SMILES string of the molecule is COc1ccc(-c2csc(NC(=O)c3cccnc3-c3cccc(OC)c3)n2)nc1. The molecule has 0 aliphatic heterocycles. The summed E-state index contributed by atoms with van der Waals surface area (Å²) in [5.41, 5.74) is 3.19. The number of hydrogen-bond donors (Lipinski definition) is 1. The number of carbonyl (C=O) groups excluding carboxylic acids is 1. The van der Waals surface area contributed by atoms with Crippen LogP contribution in [0, 0.1) is 0 Å². The van der Waals surface area contributed by atoms with Crippen LogP contribution in [0.15, 0.2) is 66.3 Å². The highest BCUT2D eigenvalue weighted by Crippen LogP contribution is 2.28. The summed E-state index contributed by atoms with van der Waals surface area (Å²) in [6.45, 7) is 0. The molecule has 1 aromatic carbocycles. The summed E-state index contributed by atoms with van der Waals surface area (Å²) in [6, 6.07) is 14.5. The van der Waals surface area contributed by atoms with Crippen molar-refractivity contribution in [3.05, 3.63) is 71.9 Å². The summed E-state index contributed by atoms with van der Waals surface area (Å²) in [4.78, 5) is 26.1. The first-order valence-corrected chi connectivity index (χ1v) is 9.92. The molecule has 4 rings (SSSR count). The Morgan fingerprint density at radius 3 is 2.60 bits per heavy atom. The van der Waals surface area contributed by atoms with E-state index >= 15 is 0 Å². The van der Waals surface area contributed by atoms with Crippen LogP contribution in [0.4, 0.5) is 5.13 Å². The maximum Gasteiger partial charge on any atom is 0.259 e. The van der Waals surface area contributed by atoms with Gasteiger partial charge in [-0.1, -0.05) is 12.1 Å². The van der Waals surface area contributed by atoms with Crippen molar-refractivity contribution >= 4 is 22.4 Å². The van der Waals surface area contributed by atoms with Gasteiger partial charge in [-0.15, -0.1) is 11.3 Å². The molecule has 150 valence electrons. The molecule has 7 nitrogen and oxygen atoms in total. The van der Waals surface area contributed by atoms with Crippen molar-refractivity contribution in [3.63, 3.8) is 0 Å². The van der Waals surface area contributed by atoms with Crippen molar-refractivity contribution in [3.8, 4) is 34.1 Å².